The van der Waals surface area contributed by atoms with E-state index in [0.717, 1.165) is 47.1 Å². The maximum atomic E-state index is 12.3. The molecule has 0 heterocycles. The Kier molecular flexibility index (Phi) is 14.2. The van der Waals surface area contributed by atoms with Crippen LogP contribution < -0.4 is 15.8 Å². The lowest BCUT2D eigenvalue weighted by molar-refractivity contribution is -0.432. The van der Waals surface area contributed by atoms with E-state index in [1.807, 2.05) is 6.07 Å². The number of ether oxygens (including phenoxy) is 1. The number of nitrogen functional groups attached to an aromatic ring is 1. The van der Waals surface area contributed by atoms with Gasteiger partial charge in [0.05, 0.1) is 69.4 Å². The van der Waals surface area contributed by atoms with Gasteiger partial charge < -0.3 is 20.9 Å². The van der Waals surface area contributed by atoms with E-state index in [0.29, 0.717) is 22.6 Å². The molecule has 23 nitrogen and oxygen atoms in total. The van der Waals surface area contributed by atoms with Crippen molar-refractivity contribution in [2.45, 2.75) is 26.5 Å². The fraction of sp³-hybridized carbons (Fsp3) is 0.0513. The van der Waals surface area contributed by atoms with Gasteiger partial charge in [-0.05, 0) is 82.9 Å². The first-order valence-electron chi connectivity index (χ1n) is 18.2. The lowest BCUT2D eigenvalue weighted by Gasteiger charge is -2.12. The monoisotopic (exact) mass is 978 g/mol. The number of nitrogens with one attached hydrogen (secondary N) is 1. The lowest BCUT2D eigenvalue weighted by Crippen LogP contribution is -2.05. The maximum Gasteiger partial charge on any atom is 0.296 e. The van der Waals surface area contributed by atoms with Gasteiger partial charge in [0.1, 0.15) is 27.7 Å². The second-order valence-electron chi connectivity index (χ2n) is 13.4. The Balaban J connectivity index is 1.27. The van der Waals surface area contributed by atoms with E-state index in [1.54, 1.807) is 30.3 Å². The number of phenols is 1. The van der Waals surface area contributed by atoms with Crippen LogP contribution in [0, 0.1) is 0 Å². The van der Waals surface area contributed by atoms with Crippen molar-refractivity contribution in [3.05, 3.63) is 97.1 Å². The fourth-order valence-corrected chi connectivity index (χ4v) is 8.53. The van der Waals surface area contributed by atoms with E-state index < -0.39 is 47.4 Å². The first-order chi connectivity index (χ1) is 31.5. The van der Waals surface area contributed by atoms with Gasteiger partial charge in [-0.3, -0.25) is 13.9 Å². The number of amides is 1. The molecule has 0 atom stereocenters. The summed E-state index contributed by atoms with van der Waals surface area (Å²) < 4.78 is 82.6. The summed E-state index contributed by atoms with van der Waals surface area (Å²) in [6.45, 7) is 1.29. The summed E-state index contributed by atoms with van der Waals surface area (Å²) in [4.78, 5) is 11.7. The molecule has 0 aliphatic heterocycles. The Morgan fingerprint density at radius 3 is 2.00 bits per heavy atom. The van der Waals surface area contributed by atoms with E-state index in [1.165, 1.54) is 50.4 Å². The van der Waals surface area contributed by atoms with Crippen molar-refractivity contribution in [2.24, 2.45) is 30.7 Å². The Morgan fingerprint density at radius 1 is 0.652 bits per heavy atom. The number of azo groups is 3. The van der Waals surface area contributed by atoms with Crippen LogP contribution in [-0.4, -0.2) is 54.6 Å². The number of fused-ring (bicyclic) bond motifs is 3. The van der Waals surface area contributed by atoms with Crippen molar-refractivity contribution in [3.63, 3.8) is 0 Å². The highest BCUT2D eigenvalue weighted by molar-refractivity contribution is 7.95. The van der Waals surface area contributed by atoms with Crippen LogP contribution in [0.15, 0.2) is 147 Å². The molecule has 0 radical (unpaired) electrons. The summed E-state index contributed by atoms with van der Waals surface area (Å²) in [5, 5.41) is 66.5. The molecule has 27 heteroatoms. The van der Waals surface area contributed by atoms with E-state index in [-0.39, 0.29) is 66.3 Å². The number of nitrogens with zero attached hydrogens (tertiary/aromatic N) is 6. The number of hydrogen-bond acceptors (Lipinski definition) is 22. The number of carbonyl (C=O) groups excluding carboxylic acids is 1. The third-order valence-electron chi connectivity index (χ3n) is 9.24. The second-order valence-corrected chi connectivity index (χ2v) is 17.7. The molecule has 7 rings (SSSR count). The van der Waals surface area contributed by atoms with Gasteiger partial charge >= 0.3 is 0 Å². The molecule has 340 valence electrons. The lowest BCUT2D eigenvalue weighted by atomic mass is 10.1. The van der Waals surface area contributed by atoms with Crippen LogP contribution in [0.2, 0.25) is 0 Å². The Labute approximate surface area is 380 Å². The van der Waals surface area contributed by atoms with Gasteiger partial charge in [0.2, 0.25) is 5.91 Å². The van der Waals surface area contributed by atoms with Crippen LogP contribution in [0.4, 0.5) is 45.5 Å². The smallest absolute Gasteiger partial charge is 0.296 e. The van der Waals surface area contributed by atoms with Crippen molar-refractivity contribution in [3.8, 4) is 11.5 Å². The van der Waals surface area contributed by atoms with Gasteiger partial charge in [0.25, 0.3) is 20.2 Å². The fourth-order valence-electron chi connectivity index (χ4n) is 6.38. The summed E-state index contributed by atoms with van der Waals surface area (Å²) in [6.07, 6.45) is 0. The van der Waals surface area contributed by atoms with Crippen molar-refractivity contribution < 1.29 is 69.8 Å². The third kappa shape index (κ3) is 10.5. The maximum absolute atomic E-state index is 12.3. The van der Waals surface area contributed by atoms with Gasteiger partial charge in [-0.2, -0.15) is 21.9 Å². The SMILES string of the molecule is COc1cc(/N=N/c2ccc3c(SOOO)cccc3c2)c(NC(C)=O)cc1/N=N/c1ccc(/N=N/c2c(SOOO)cc3cc(S(=O)(=O)O)c(N)cc3c2O)c2cc(S(=O)(=O)O)ccc12. The molecule has 0 bridgehead atoms. The number of nitrogens with two attached hydrogens (primary N) is 1. The van der Waals surface area contributed by atoms with Gasteiger partial charge in [0.15, 0.2) is 5.75 Å². The first-order valence-corrected chi connectivity index (χ1v) is 22.5. The summed E-state index contributed by atoms with van der Waals surface area (Å²) in [5.74, 6) is -0.888. The van der Waals surface area contributed by atoms with E-state index in [4.69, 9.17) is 21.0 Å². The second kappa shape index (κ2) is 19.8. The van der Waals surface area contributed by atoms with Crippen LogP contribution in [0.25, 0.3) is 32.3 Å². The average molecular weight is 979 g/mol. The Morgan fingerprint density at radius 2 is 1.32 bits per heavy atom. The molecular formula is C39H30N8O15S4. The molecule has 0 fully saturated rings. The molecule has 66 heavy (non-hydrogen) atoms. The van der Waals surface area contributed by atoms with Crippen LogP contribution >= 0.6 is 24.1 Å². The van der Waals surface area contributed by atoms with Crippen molar-refractivity contribution in [2.75, 3.05) is 18.2 Å². The summed E-state index contributed by atoms with van der Waals surface area (Å²) in [7, 11) is -8.17. The number of carbonyl (C=O) groups is 1. The Bertz CT molecular complexity index is 3390. The molecule has 1 amide bonds. The standard InChI is InChI=1S/C39H30N8O15S4/c1-19(48)41-31-17-33(34(58-2)18-32(31)45-42-22-6-8-24-20(12-22)4-3-5-35(24)63-61-59-50)46-43-29-10-11-30(27-15-23(65(52,53)54)7-9-25(27)29)44-47-38-36(64-62-60-51)13-21-14-37(66(55,56)57)28(40)16-26(21)39(38)49/h3-18,49-51H,40H2,1-2H3,(H,41,48)(H,52,53,54)(H,55,56,57)/b45-42+,46-43+,47-44+. The molecule has 8 N–H and O–H groups in total. The number of methoxy groups -OCH3 is 1. The molecule has 0 aliphatic rings. The summed E-state index contributed by atoms with van der Waals surface area (Å²) >= 11 is 1.14. The summed E-state index contributed by atoms with van der Waals surface area (Å²) in [6, 6.07) is 23.2. The zero-order valence-electron chi connectivity index (χ0n) is 33.4. The predicted octanol–water partition coefficient (Wildman–Crippen LogP) is 11.0. The first kappa shape index (κ1) is 47.2. The van der Waals surface area contributed by atoms with Crippen LogP contribution in [0.3, 0.4) is 0 Å². The molecule has 7 aromatic carbocycles. The zero-order chi connectivity index (χ0) is 47.3. The largest absolute Gasteiger partial charge is 0.505 e. The van der Waals surface area contributed by atoms with Gasteiger partial charge in [0, 0.05) is 34.0 Å². The highest BCUT2D eigenvalue weighted by Gasteiger charge is 2.22. The predicted molar refractivity (Wildman–Crippen MR) is 239 cm³/mol. The van der Waals surface area contributed by atoms with Crippen LogP contribution in [0.5, 0.6) is 11.5 Å². The van der Waals surface area contributed by atoms with Gasteiger partial charge in [-0.1, -0.05) is 34.3 Å². The molecule has 7 aromatic rings. The number of benzene rings is 7. The minimum Gasteiger partial charge on any atom is -0.505 e. The van der Waals surface area contributed by atoms with Gasteiger partial charge in [-0.25, -0.2) is 10.5 Å². The number of phenolic OH excluding ortho intramolecular Hbond substituents is 1. The highest BCUT2D eigenvalue weighted by Crippen LogP contribution is 2.47. The summed E-state index contributed by atoms with van der Waals surface area (Å²) in [5.41, 5.74) is 6.20. The molecular weight excluding hydrogens is 949 g/mol. The van der Waals surface area contributed by atoms with Crippen molar-refractivity contribution in [1.29, 1.82) is 0 Å². The average Bonchev–Trinajstić information content (AvgIpc) is 3.27. The van der Waals surface area contributed by atoms with Gasteiger partial charge in [-0.15, -0.1) is 34.2 Å². The third-order valence-corrected chi connectivity index (χ3v) is 12.3. The van der Waals surface area contributed by atoms with Crippen LogP contribution in [-0.2, 0) is 43.8 Å². The number of anilines is 2. The van der Waals surface area contributed by atoms with Crippen molar-refractivity contribution in [1.82, 2.24) is 0 Å². The van der Waals surface area contributed by atoms with E-state index in [2.05, 4.69) is 54.7 Å². The Hall–Kier alpha value is -6.73. The molecule has 0 saturated carbocycles. The molecule has 0 aliphatic carbocycles. The molecule has 0 spiro atoms. The molecule has 0 saturated heterocycles. The minimum atomic E-state index is -4.78. The zero-order valence-corrected chi connectivity index (χ0v) is 36.7. The quantitative estimate of drug-likeness (QED) is 0.0118. The van der Waals surface area contributed by atoms with Crippen LogP contribution in [0.1, 0.15) is 6.92 Å². The van der Waals surface area contributed by atoms with E-state index in [9.17, 15) is 35.8 Å². The topological polar surface area (TPSA) is 345 Å². The minimum absolute atomic E-state index is 0.0262. The highest BCUT2D eigenvalue weighted by atomic mass is 32.2. The number of rotatable bonds is 16. The van der Waals surface area contributed by atoms with E-state index >= 15 is 0 Å². The van der Waals surface area contributed by atoms with Crippen molar-refractivity contribution >= 4 is 128 Å². The number of aromatic hydroxyl groups is 1. The molecule has 0 aromatic heterocycles. The molecule has 0 unspecified atom stereocenters. The number of hydrogen-bond donors (Lipinski definition) is 7. The normalized spacial score (nSPS) is 12.4.